The molecule has 0 aliphatic carbocycles. The normalized spacial score (nSPS) is 11.4. The zero-order valence-corrected chi connectivity index (χ0v) is 12.1. The summed E-state index contributed by atoms with van der Waals surface area (Å²) in [5.74, 6) is 0.202. The van der Waals surface area contributed by atoms with Crippen LogP contribution in [0.25, 0.3) is 10.2 Å². The number of rotatable bonds is 2. The SMILES string of the molecule is Oc1ccc(Br)cc1/C=N/c1nc2ccccc2s1. The molecule has 1 heterocycles. The van der Waals surface area contributed by atoms with E-state index in [1.807, 2.05) is 30.3 Å². The van der Waals surface area contributed by atoms with Gasteiger partial charge in [-0.25, -0.2) is 9.98 Å². The number of phenols is 1. The molecule has 0 fully saturated rings. The predicted molar refractivity (Wildman–Crippen MR) is 82.7 cm³/mol. The summed E-state index contributed by atoms with van der Waals surface area (Å²) in [6.45, 7) is 0. The van der Waals surface area contributed by atoms with Gasteiger partial charge in [0, 0.05) is 16.3 Å². The molecule has 1 aromatic heterocycles. The molecule has 0 unspecified atom stereocenters. The minimum absolute atomic E-state index is 0.202. The Labute approximate surface area is 122 Å². The summed E-state index contributed by atoms with van der Waals surface area (Å²) < 4.78 is 2.00. The van der Waals surface area contributed by atoms with Gasteiger partial charge in [0.2, 0.25) is 5.13 Å². The van der Waals surface area contributed by atoms with Gasteiger partial charge in [-0.3, -0.25) is 0 Å². The Kier molecular flexibility index (Phi) is 3.31. The molecule has 0 saturated carbocycles. The van der Waals surface area contributed by atoms with Gasteiger partial charge in [0.25, 0.3) is 0 Å². The van der Waals surface area contributed by atoms with Crippen molar-refractivity contribution in [3.63, 3.8) is 0 Å². The van der Waals surface area contributed by atoms with Crippen molar-refractivity contribution in [3.8, 4) is 5.75 Å². The molecule has 0 bridgehead atoms. The lowest BCUT2D eigenvalue weighted by Crippen LogP contribution is -1.81. The van der Waals surface area contributed by atoms with Crippen LogP contribution in [0.3, 0.4) is 0 Å². The summed E-state index contributed by atoms with van der Waals surface area (Å²) in [6.07, 6.45) is 1.62. The molecular formula is C14H9BrN2OS. The molecule has 0 aliphatic rings. The van der Waals surface area contributed by atoms with Gasteiger partial charge in [-0.2, -0.15) is 0 Å². The van der Waals surface area contributed by atoms with Crippen molar-refractivity contribution >= 4 is 48.8 Å². The molecule has 1 N–H and O–H groups in total. The van der Waals surface area contributed by atoms with Crippen LogP contribution in [0.2, 0.25) is 0 Å². The van der Waals surface area contributed by atoms with Gasteiger partial charge in [0.1, 0.15) is 5.75 Å². The quantitative estimate of drug-likeness (QED) is 0.701. The number of para-hydroxylation sites is 1. The summed E-state index contributed by atoms with van der Waals surface area (Å²) in [4.78, 5) is 8.72. The van der Waals surface area contributed by atoms with Crippen molar-refractivity contribution in [2.24, 2.45) is 4.99 Å². The molecule has 3 rings (SSSR count). The summed E-state index contributed by atoms with van der Waals surface area (Å²) in [7, 11) is 0. The summed E-state index contributed by atoms with van der Waals surface area (Å²) in [6, 6.07) is 13.1. The van der Waals surface area contributed by atoms with Crippen LogP contribution in [0.5, 0.6) is 5.75 Å². The van der Waals surface area contributed by atoms with E-state index in [-0.39, 0.29) is 5.75 Å². The third-order valence-electron chi connectivity index (χ3n) is 2.59. The van der Waals surface area contributed by atoms with Gasteiger partial charge in [-0.1, -0.05) is 39.4 Å². The maximum atomic E-state index is 9.72. The number of aromatic nitrogens is 1. The van der Waals surface area contributed by atoms with Crippen LogP contribution in [-0.4, -0.2) is 16.3 Å². The summed E-state index contributed by atoms with van der Waals surface area (Å²) >= 11 is 4.89. The number of aromatic hydroxyl groups is 1. The average Bonchev–Trinajstić information content (AvgIpc) is 2.82. The lowest BCUT2D eigenvalue weighted by atomic mass is 10.2. The molecule has 3 nitrogen and oxygen atoms in total. The molecule has 19 heavy (non-hydrogen) atoms. The Bertz CT molecular complexity index is 734. The van der Waals surface area contributed by atoms with Gasteiger partial charge < -0.3 is 5.11 Å². The third-order valence-corrected chi connectivity index (χ3v) is 4.02. The molecule has 0 spiro atoms. The Morgan fingerprint density at radius 2 is 2.05 bits per heavy atom. The highest BCUT2D eigenvalue weighted by Gasteiger charge is 2.02. The maximum Gasteiger partial charge on any atom is 0.210 e. The van der Waals surface area contributed by atoms with Crippen LogP contribution in [0.4, 0.5) is 5.13 Å². The predicted octanol–water partition coefficient (Wildman–Crippen LogP) is 4.52. The standard InChI is InChI=1S/C14H9BrN2OS/c15-10-5-6-12(18)9(7-10)8-16-14-17-11-3-1-2-4-13(11)19-14/h1-8,18H/b16-8+. The zero-order valence-electron chi connectivity index (χ0n) is 9.75. The van der Waals surface area contributed by atoms with Crippen LogP contribution in [0.1, 0.15) is 5.56 Å². The number of hydrogen-bond acceptors (Lipinski definition) is 4. The van der Waals surface area contributed by atoms with E-state index in [2.05, 4.69) is 25.9 Å². The van der Waals surface area contributed by atoms with Crippen LogP contribution in [-0.2, 0) is 0 Å². The molecule has 0 radical (unpaired) electrons. The number of hydrogen-bond donors (Lipinski definition) is 1. The first-order valence-corrected chi connectivity index (χ1v) is 7.21. The van der Waals surface area contributed by atoms with Crippen LogP contribution >= 0.6 is 27.3 Å². The number of halogens is 1. The highest BCUT2D eigenvalue weighted by molar-refractivity contribution is 9.10. The van der Waals surface area contributed by atoms with Gasteiger partial charge in [0.15, 0.2) is 0 Å². The number of fused-ring (bicyclic) bond motifs is 1. The number of nitrogens with zero attached hydrogens (tertiary/aromatic N) is 2. The van der Waals surface area contributed by atoms with Crippen LogP contribution in [0, 0.1) is 0 Å². The fourth-order valence-corrected chi connectivity index (χ4v) is 2.86. The van der Waals surface area contributed by atoms with E-state index in [1.165, 1.54) is 11.3 Å². The topological polar surface area (TPSA) is 45.5 Å². The fraction of sp³-hybridized carbons (Fsp3) is 0. The summed E-state index contributed by atoms with van der Waals surface area (Å²) in [5.41, 5.74) is 1.60. The number of thiazole rings is 1. The Balaban J connectivity index is 1.95. The van der Waals surface area contributed by atoms with Gasteiger partial charge in [0.05, 0.1) is 10.2 Å². The number of benzene rings is 2. The van der Waals surface area contributed by atoms with Crippen molar-refractivity contribution in [2.75, 3.05) is 0 Å². The first kappa shape index (κ1) is 12.3. The van der Waals surface area contributed by atoms with Crippen LogP contribution in [0.15, 0.2) is 51.9 Å². The molecule has 0 amide bonds. The van der Waals surface area contributed by atoms with E-state index < -0.39 is 0 Å². The van der Waals surface area contributed by atoms with Gasteiger partial charge in [-0.05, 0) is 30.3 Å². The van der Waals surface area contributed by atoms with E-state index in [1.54, 1.807) is 18.3 Å². The lowest BCUT2D eigenvalue weighted by Gasteiger charge is -1.97. The minimum Gasteiger partial charge on any atom is -0.507 e. The molecular weight excluding hydrogens is 324 g/mol. The second kappa shape index (κ2) is 5.11. The van der Waals surface area contributed by atoms with E-state index in [9.17, 15) is 5.11 Å². The molecule has 2 aromatic carbocycles. The first-order valence-electron chi connectivity index (χ1n) is 5.60. The minimum atomic E-state index is 0.202. The van der Waals surface area contributed by atoms with Crippen molar-refractivity contribution in [1.82, 2.24) is 4.98 Å². The second-order valence-electron chi connectivity index (χ2n) is 3.93. The molecule has 5 heteroatoms. The van der Waals surface area contributed by atoms with Crippen LogP contribution < -0.4 is 0 Å². The van der Waals surface area contributed by atoms with E-state index in [0.717, 1.165) is 14.7 Å². The molecule has 0 aliphatic heterocycles. The van der Waals surface area contributed by atoms with Gasteiger partial charge >= 0.3 is 0 Å². The Morgan fingerprint density at radius 1 is 1.21 bits per heavy atom. The molecule has 0 atom stereocenters. The van der Waals surface area contributed by atoms with E-state index >= 15 is 0 Å². The second-order valence-corrected chi connectivity index (χ2v) is 5.85. The Morgan fingerprint density at radius 3 is 2.89 bits per heavy atom. The van der Waals surface area contributed by atoms with Crippen molar-refractivity contribution in [1.29, 1.82) is 0 Å². The Hall–Kier alpha value is -1.72. The highest BCUT2D eigenvalue weighted by Crippen LogP contribution is 2.28. The smallest absolute Gasteiger partial charge is 0.210 e. The monoisotopic (exact) mass is 332 g/mol. The lowest BCUT2D eigenvalue weighted by molar-refractivity contribution is 0.474. The average molecular weight is 333 g/mol. The molecule has 3 aromatic rings. The zero-order chi connectivity index (χ0) is 13.2. The summed E-state index contributed by atoms with van der Waals surface area (Å²) in [5, 5.41) is 10.4. The van der Waals surface area contributed by atoms with Gasteiger partial charge in [-0.15, -0.1) is 0 Å². The number of phenolic OH excluding ortho intramolecular Hbond substituents is 1. The maximum absolute atomic E-state index is 9.72. The molecule has 0 saturated heterocycles. The highest BCUT2D eigenvalue weighted by atomic mass is 79.9. The molecule has 94 valence electrons. The van der Waals surface area contributed by atoms with Crippen molar-refractivity contribution in [2.45, 2.75) is 0 Å². The first-order chi connectivity index (χ1) is 9.22. The van der Waals surface area contributed by atoms with Crippen molar-refractivity contribution < 1.29 is 5.11 Å². The van der Waals surface area contributed by atoms with Crippen molar-refractivity contribution in [3.05, 3.63) is 52.5 Å². The largest absolute Gasteiger partial charge is 0.507 e. The van der Waals surface area contributed by atoms with E-state index in [0.29, 0.717) is 10.7 Å². The fourth-order valence-electron chi connectivity index (χ4n) is 1.67. The third kappa shape index (κ3) is 2.67. The van der Waals surface area contributed by atoms with E-state index in [4.69, 9.17) is 0 Å². The number of aliphatic imine (C=N–C) groups is 1.